The molecule has 0 atom stereocenters. The summed E-state index contributed by atoms with van der Waals surface area (Å²) in [5, 5.41) is 2.45. The van der Waals surface area contributed by atoms with Gasteiger partial charge in [0.05, 0.1) is 37.4 Å². The summed E-state index contributed by atoms with van der Waals surface area (Å²) >= 11 is 0. The van der Waals surface area contributed by atoms with E-state index in [1.54, 1.807) is 13.0 Å². The fraction of sp³-hybridized carbons (Fsp3) is 0.278. The van der Waals surface area contributed by atoms with Crippen molar-refractivity contribution in [1.29, 1.82) is 0 Å². The number of nitrogens with one attached hydrogen (secondary N) is 1. The fourth-order valence-corrected chi connectivity index (χ4v) is 3.57. The van der Waals surface area contributed by atoms with Crippen molar-refractivity contribution in [2.24, 2.45) is 0 Å². The van der Waals surface area contributed by atoms with Crippen molar-refractivity contribution >= 4 is 27.3 Å². The zero-order valence-corrected chi connectivity index (χ0v) is 16.3. The number of sulfonamides is 1. The summed E-state index contributed by atoms with van der Waals surface area (Å²) in [6.07, 6.45) is 1.03. The number of rotatable bonds is 7. The molecule has 0 aliphatic carbocycles. The molecule has 9 heteroatoms. The van der Waals surface area contributed by atoms with Crippen LogP contribution in [0.4, 0.5) is 15.8 Å². The van der Waals surface area contributed by atoms with Gasteiger partial charge in [-0.2, -0.15) is 0 Å². The first kappa shape index (κ1) is 20.5. The van der Waals surface area contributed by atoms with Crippen molar-refractivity contribution in [2.45, 2.75) is 6.92 Å². The monoisotopic (exact) mass is 396 g/mol. The van der Waals surface area contributed by atoms with Gasteiger partial charge in [-0.15, -0.1) is 0 Å². The zero-order valence-electron chi connectivity index (χ0n) is 15.4. The van der Waals surface area contributed by atoms with E-state index in [-0.39, 0.29) is 35.0 Å². The van der Waals surface area contributed by atoms with Crippen LogP contribution in [0.5, 0.6) is 11.5 Å². The summed E-state index contributed by atoms with van der Waals surface area (Å²) in [7, 11) is -0.873. The average Bonchev–Trinajstić information content (AvgIpc) is 2.62. The predicted octanol–water partition coefficient (Wildman–Crippen LogP) is 2.88. The molecule has 0 unspecified atom stereocenters. The molecule has 0 saturated heterocycles. The molecule has 2 rings (SSSR count). The Morgan fingerprint density at radius 1 is 1.15 bits per heavy atom. The van der Waals surface area contributed by atoms with Crippen LogP contribution in [0, 0.1) is 5.82 Å². The number of carbonyl (C=O) groups is 1. The molecule has 1 amide bonds. The van der Waals surface area contributed by atoms with E-state index in [4.69, 9.17) is 9.47 Å². The van der Waals surface area contributed by atoms with Gasteiger partial charge in [-0.3, -0.25) is 9.10 Å². The molecular formula is C18H21FN2O5S. The molecular weight excluding hydrogens is 375 g/mol. The van der Waals surface area contributed by atoms with E-state index in [1.165, 1.54) is 44.6 Å². The van der Waals surface area contributed by atoms with Gasteiger partial charge < -0.3 is 14.8 Å². The van der Waals surface area contributed by atoms with Crippen LogP contribution in [-0.4, -0.2) is 41.3 Å². The lowest BCUT2D eigenvalue weighted by Crippen LogP contribution is -2.31. The smallest absolute Gasteiger partial charge is 0.258 e. The van der Waals surface area contributed by atoms with E-state index >= 15 is 0 Å². The molecule has 0 fully saturated rings. The van der Waals surface area contributed by atoms with Crippen LogP contribution in [0.3, 0.4) is 0 Å². The molecule has 0 aromatic heterocycles. The number of methoxy groups -OCH3 is 2. The molecule has 0 bridgehead atoms. The summed E-state index contributed by atoms with van der Waals surface area (Å²) < 4.78 is 49.7. The molecule has 146 valence electrons. The highest BCUT2D eigenvalue weighted by atomic mass is 32.2. The van der Waals surface area contributed by atoms with Crippen molar-refractivity contribution in [3.8, 4) is 11.5 Å². The van der Waals surface area contributed by atoms with E-state index in [0.29, 0.717) is 0 Å². The number of halogens is 1. The summed E-state index contributed by atoms with van der Waals surface area (Å²) in [4.78, 5) is 12.8. The lowest BCUT2D eigenvalue weighted by atomic mass is 10.1. The molecule has 0 radical (unpaired) electrons. The highest BCUT2D eigenvalue weighted by Crippen LogP contribution is 2.36. The number of nitrogens with zero attached hydrogens (tertiary/aromatic N) is 1. The molecule has 0 heterocycles. The van der Waals surface area contributed by atoms with Crippen LogP contribution in [0.25, 0.3) is 0 Å². The number of hydrogen-bond donors (Lipinski definition) is 1. The highest BCUT2D eigenvalue weighted by Gasteiger charge is 2.25. The summed E-state index contributed by atoms with van der Waals surface area (Å²) in [6, 6.07) is 8.44. The normalized spacial score (nSPS) is 11.0. The van der Waals surface area contributed by atoms with Gasteiger partial charge >= 0.3 is 0 Å². The van der Waals surface area contributed by atoms with Crippen molar-refractivity contribution in [1.82, 2.24) is 0 Å². The van der Waals surface area contributed by atoms with Gasteiger partial charge in [-0.05, 0) is 25.1 Å². The number of hydrogen-bond acceptors (Lipinski definition) is 5. The summed E-state index contributed by atoms with van der Waals surface area (Å²) in [5.41, 5.74) is 0.0836. The SMILES string of the molecule is CCN(c1cc(OC)c(OC)cc1C(=O)Nc1ccccc1F)S(C)(=O)=O. The first-order valence-electron chi connectivity index (χ1n) is 8.02. The minimum absolute atomic E-state index is 0.00294. The third-order valence-electron chi connectivity index (χ3n) is 3.82. The molecule has 7 nitrogen and oxygen atoms in total. The Kier molecular flexibility index (Phi) is 6.27. The summed E-state index contributed by atoms with van der Waals surface area (Å²) in [5.74, 6) is -0.789. The number of amides is 1. The molecule has 2 aromatic carbocycles. The Bertz CT molecular complexity index is 947. The highest BCUT2D eigenvalue weighted by molar-refractivity contribution is 7.92. The van der Waals surface area contributed by atoms with E-state index < -0.39 is 21.7 Å². The molecule has 0 spiro atoms. The molecule has 27 heavy (non-hydrogen) atoms. The lowest BCUT2D eigenvalue weighted by Gasteiger charge is -2.24. The maximum atomic E-state index is 13.9. The van der Waals surface area contributed by atoms with Crippen LogP contribution < -0.4 is 19.1 Å². The molecule has 0 aliphatic heterocycles. The second kappa shape index (κ2) is 8.26. The second-order valence-corrected chi connectivity index (χ2v) is 7.49. The van der Waals surface area contributed by atoms with E-state index in [9.17, 15) is 17.6 Å². The van der Waals surface area contributed by atoms with Crippen molar-refractivity contribution in [2.75, 3.05) is 36.6 Å². The van der Waals surface area contributed by atoms with E-state index in [2.05, 4.69) is 5.32 Å². The minimum atomic E-state index is -3.67. The Hall–Kier alpha value is -2.81. The van der Waals surface area contributed by atoms with Gasteiger partial charge in [0.15, 0.2) is 11.5 Å². The Morgan fingerprint density at radius 2 is 1.74 bits per heavy atom. The maximum absolute atomic E-state index is 13.9. The number of carbonyl (C=O) groups excluding carboxylic acids is 1. The van der Waals surface area contributed by atoms with Crippen LogP contribution >= 0.6 is 0 Å². The van der Waals surface area contributed by atoms with Crippen molar-refractivity contribution < 1.29 is 27.1 Å². The maximum Gasteiger partial charge on any atom is 0.258 e. The largest absolute Gasteiger partial charge is 0.493 e. The molecule has 2 aromatic rings. The van der Waals surface area contributed by atoms with Crippen LogP contribution in [0.2, 0.25) is 0 Å². The Morgan fingerprint density at radius 3 is 2.26 bits per heavy atom. The number of para-hydroxylation sites is 1. The fourth-order valence-electron chi connectivity index (χ4n) is 2.59. The summed E-state index contributed by atoms with van der Waals surface area (Å²) in [6.45, 7) is 1.73. The number of ether oxygens (including phenoxy) is 2. The van der Waals surface area contributed by atoms with Crippen LogP contribution in [0.15, 0.2) is 36.4 Å². The van der Waals surface area contributed by atoms with Gasteiger partial charge in [0.2, 0.25) is 10.0 Å². The third-order valence-corrected chi connectivity index (χ3v) is 5.08. The molecule has 0 aliphatic rings. The van der Waals surface area contributed by atoms with Crippen LogP contribution in [-0.2, 0) is 10.0 Å². The molecule has 1 N–H and O–H groups in total. The second-order valence-electron chi connectivity index (χ2n) is 5.59. The van der Waals surface area contributed by atoms with Crippen LogP contribution in [0.1, 0.15) is 17.3 Å². The lowest BCUT2D eigenvalue weighted by molar-refractivity contribution is 0.102. The number of anilines is 2. The van der Waals surface area contributed by atoms with Gasteiger partial charge in [0.25, 0.3) is 5.91 Å². The van der Waals surface area contributed by atoms with E-state index in [1.807, 2.05) is 0 Å². The zero-order chi connectivity index (χ0) is 20.2. The molecule has 0 saturated carbocycles. The Balaban J connectivity index is 2.61. The topological polar surface area (TPSA) is 84.9 Å². The first-order valence-corrected chi connectivity index (χ1v) is 9.87. The standard InChI is InChI=1S/C18H21FN2O5S/c1-5-21(27(4,23)24)15-11-17(26-3)16(25-2)10-12(15)18(22)20-14-9-7-6-8-13(14)19/h6-11H,5H2,1-4H3,(H,20,22). The van der Waals surface area contributed by atoms with Crippen molar-refractivity contribution in [3.63, 3.8) is 0 Å². The first-order chi connectivity index (χ1) is 12.7. The van der Waals surface area contributed by atoms with E-state index in [0.717, 1.165) is 10.6 Å². The number of benzene rings is 2. The average molecular weight is 396 g/mol. The van der Waals surface area contributed by atoms with Gasteiger partial charge in [0.1, 0.15) is 5.82 Å². The quantitative estimate of drug-likeness (QED) is 0.778. The van der Waals surface area contributed by atoms with Gasteiger partial charge in [-0.1, -0.05) is 12.1 Å². The predicted molar refractivity (Wildman–Crippen MR) is 102 cm³/mol. The third kappa shape index (κ3) is 4.48. The van der Waals surface area contributed by atoms with Gasteiger partial charge in [-0.25, -0.2) is 12.8 Å². The van der Waals surface area contributed by atoms with Gasteiger partial charge in [0, 0.05) is 12.6 Å². The van der Waals surface area contributed by atoms with Crippen molar-refractivity contribution in [3.05, 3.63) is 47.8 Å². The Labute approximate surface area is 157 Å². The minimum Gasteiger partial charge on any atom is -0.493 e.